The third kappa shape index (κ3) is 8.44. The molecule has 196 valence electrons. The second-order valence-corrected chi connectivity index (χ2v) is 10.8. The molecule has 0 spiro atoms. The summed E-state index contributed by atoms with van der Waals surface area (Å²) in [6.45, 7) is 0. The van der Waals surface area contributed by atoms with Crippen molar-refractivity contribution < 1.29 is 44.8 Å². The third-order valence-corrected chi connectivity index (χ3v) is 7.74. The first kappa shape index (κ1) is 30.9. The number of allylic oxidation sites excluding steroid dienone is 4. The molecule has 0 heterocycles. The van der Waals surface area contributed by atoms with Gasteiger partial charge in [0.25, 0.3) is 0 Å². The fourth-order valence-corrected chi connectivity index (χ4v) is 5.51. The van der Waals surface area contributed by atoms with E-state index in [1.807, 2.05) is 12.2 Å². The van der Waals surface area contributed by atoms with Crippen molar-refractivity contribution >= 4 is 25.4 Å². The van der Waals surface area contributed by atoms with Crippen molar-refractivity contribution in [2.24, 2.45) is 0 Å². The molecular weight excluding hydrogens is 551 g/mol. The molecule has 7 rings (SSSR count). The van der Waals surface area contributed by atoms with Gasteiger partial charge in [0.2, 0.25) is 0 Å². The second kappa shape index (κ2) is 15.9. The molecule has 2 aliphatic carbocycles. The summed E-state index contributed by atoms with van der Waals surface area (Å²) in [6.07, 6.45) is 17.2. The molecule has 1 saturated carbocycles. The quantitative estimate of drug-likeness (QED) is 0.218. The van der Waals surface area contributed by atoms with Gasteiger partial charge in [0.05, 0.1) is 0 Å². The van der Waals surface area contributed by atoms with Crippen LogP contribution in [0, 0.1) is 6.08 Å². The van der Waals surface area contributed by atoms with E-state index in [9.17, 15) is 0 Å². The molecule has 0 atom stereocenters. The molecule has 0 saturated heterocycles. The molecule has 0 amide bonds. The van der Waals surface area contributed by atoms with Gasteiger partial charge in [0.1, 0.15) is 0 Å². The topological polar surface area (TPSA) is 0 Å². The van der Waals surface area contributed by atoms with Gasteiger partial charge in [-0.3, -0.25) is 6.08 Å². The molecular formula is C36H32Cl2Ti-2. The minimum absolute atomic E-state index is 0. The Labute approximate surface area is 256 Å². The third-order valence-electron chi connectivity index (χ3n) is 6.96. The van der Waals surface area contributed by atoms with Crippen molar-refractivity contribution in [1.82, 2.24) is 0 Å². The number of hydrogen-bond acceptors (Lipinski definition) is 0. The molecule has 5 aromatic carbocycles. The summed E-state index contributed by atoms with van der Waals surface area (Å²) in [4.78, 5) is 0. The minimum Gasteiger partial charge on any atom is -0.126 e. The number of benzene rings is 4. The van der Waals surface area contributed by atoms with E-state index in [0.29, 0.717) is 0 Å². The van der Waals surface area contributed by atoms with Gasteiger partial charge in [0.15, 0.2) is 0 Å². The van der Waals surface area contributed by atoms with Gasteiger partial charge in [-0.15, -0.1) is 46.2 Å². The van der Waals surface area contributed by atoms with E-state index in [-0.39, 0.29) is 24.8 Å². The Morgan fingerprint density at radius 2 is 1.10 bits per heavy atom. The Morgan fingerprint density at radius 1 is 0.590 bits per heavy atom. The Kier molecular flexibility index (Phi) is 12.6. The van der Waals surface area contributed by atoms with Crippen LogP contribution in [0.5, 0.6) is 0 Å². The van der Waals surface area contributed by atoms with Crippen molar-refractivity contribution in [3.05, 3.63) is 127 Å². The van der Waals surface area contributed by atoms with Gasteiger partial charge in [-0.25, -0.2) is 12.2 Å². The van der Waals surface area contributed by atoms with Gasteiger partial charge in [-0.1, -0.05) is 96.1 Å². The van der Waals surface area contributed by atoms with Crippen LogP contribution in [-0.4, -0.2) is 3.81 Å². The molecule has 5 aromatic rings. The van der Waals surface area contributed by atoms with Crippen LogP contribution in [-0.2, 0) is 20.0 Å². The molecule has 3 heteroatoms. The van der Waals surface area contributed by atoms with Gasteiger partial charge in [-0.05, 0) is 11.1 Å². The maximum Gasteiger partial charge on any atom is -0.0259 e. The first-order valence-corrected chi connectivity index (χ1v) is 14.1. The molecule has 0 aliphatic heterocycles. The maximum absolute atomic E-state index is 2.99. The van der Waals surface area contributed by atoms with Crippen LogP contribution < -0.4 is 24.8 Å². The second-order valence-electron chi connectivity index (χ2n) is 9.65. The Morgan fingerprint density at radius 3 is 1.46 bits per heavy atom. The molecule has 0 radical (unpaired) electrons. The summed E-state index contributed by atoms with van der Waals surface area (Å²) in [5, 5.41) is 5.27. The monoisotopic (exact) mass is 582 g/mol. The number of halogens is 2. The van der Waals surface area contributed by atoms with E-state index >= 15 is 0 Å². The van der Waals surface area contributed by atoms with E-state index < -0.39 is 0 Å². The molecule has 39 heavy (non-hydrogen) atoms. The molecule has 1 fully saturated rings. The Bertz CT molecular complexity index is 1420. The number of rotatable bonds is 2. The predicted octanol–water partition coefficient (Wildman–Crippen LogP) is 4.03. The zero-order valence-corrected chi connectivity index (χ0v) is 25.1. The molecule has 0 unspecified atom stereocenters. The van der Waals surface area contributed by atoms with E-state index in [2.05, 4.69) is 135 Å². The van der Waals surface area contributed by atoms with E-state index in [1.54, 1.807) is 3.81 Å². The summed E-state index contributed by atoms with van der Waals surface area (Å²) >= 11 is 2.28. The summed E-state index contributed by atoms with van der Waals surface area (Å²) in [6, 6.07) is 37.0. The molecule has 0 nitrogen and oxygen atoms in total. The standard InChI is InChI=1S/C25H17.C6H10.C5H5.2ClH.Ti/c1-3-7-18(8-4-1)20-11-13-24-22(15-20)17-23-16-21(12-14-25(23)24)19-9-5-2-6-10-19;1-2-4-6-5-3-1;1-2-4-5-3-1;;;/h1-17H;1-5H2;1-3H,4H2;2*1H;/q-1;;-1;;;+2/p-2. The summed E-state index contributed by atoms with van der Waals surface area (Å²) in [5.74, 6) is 0. The summed E-state index contributed by atoms with van der Waals surface area (Å²) in [7, 11) is 0. The van der Waals surface area contributed by atoms with Crippen molar-refractivity contribution in [2.75, 3.05) is 0 Å². The Hall–Kier alpha value is -2.61. The molecule has 2 aliphatic rings. The fraction of sp³-hybridized carbons (Fsp3) is 0.167. The van der Waals surface area contributed by atoms with Crippen LogP contribution in [0.15, 0.2) is 121 Å². The molecule has 0 aromatic heterocycles. The van der Waals surface area contributed by atoms with Gasteiger partial charge in [-0.2, -0.15) is 6.08 Å². The fourth-order valence-electron chi connectivity index (χ4n) is 4.96. The zero-order chi connectivity index (χ0) is 25.3. The van der Waals surface area contributed by atoms with Gasteiger partial charge < -0.3 is 24.8 Å². The van der Waals surface area contributed by atoms with Crippen LogP contribution in [0.2, 0.25) is 0 Å². The van der Waals surface area contributed by atoms with Crippen LogP contribution in [0.3, 0.4) is 0 Å². The van der Waals surface area contributed by atoms with E-state index in [4.69, 9.17) is 0 Å². The van der Waals surface area contributed by atoms with Crippen molar-refractivity contribution in [2.45, 2.75) is 38.5 Å². The number of hydrogen-bond donors (Lipinski definition) is 0. The first-order valence-electron chi connectivity index (χ1n) is 13.3. The SMILES string of the molecule is [C-]1=CC=CC1.[Cl-].[Cl-].[Ti+2]=[C]1CCCCC1.c1ccc(-c2ccc3c(c2)[cH-]c2cc(-c4ccccc4)ccc23)cc1. The largest absolute Gasteiger partial charge is 0.126 e. The summed E-state index contributed by atoms with van der Waals surface area (Å²) < 4.78 is 1.71. The number of fused-ring (bicyclic) bond motifs is 3. The van der Waals surface area contributed by atoms with Crippen LogP contribution in [0.1, 0.15) is 38.5 Å². The van der Waals surface area contributed by atoms with E-state index in [1.165, 1.54) is 75.9 Å². The van der Waals surface area contributed by atoms with Crippen molar-refractivity contribution in [1.29, 1.82) is 0 Å². The van der Waals surface area contributed by atoms with Gasteiger partial charge in [0, 0.05) is 0 Å². The average molecular weight is 583 g/mol. The van der Waals surface area contributed by atoms with Gasteiger partial charge >= 0.3 is 55.9 Å². The smallest absolute Gasteiger partial charge is 0.0259 e. The zero-order valence-electron chi connectivity index (χ0n) is 22.0. The predicted molar refractivity (Wildman–Crippen MR) is 158 cm³/mol. The maximum atomic E-state index is 2.99. The minimum atomic E-state index is 0. The van der Waals surface area contributed by atoms with Crippen LogP contribution >= 0.6 is 0 Å². The molecule has 0 bridgehead atoms. The van der Waals surface area contributed by atoms with Crippen LogP contribution in [0.4, 0.5) is 0 Å². The van der Waals surface area contributed by atoms with Crippen LogP contribution in [0.25, 0.3) is 43.8 Å². The first-order chi connectivity index (χ1) is 18.3. The van der Waals surface area contributed by atoms with Crippen molar-refractivity contribution in [3.8, 4) is 22.3 Å². The van der Waals surface area contributed by atoms with Crippen molar-refractivity contribution in [3.63, 3.8) is 0 Å². The normalized spacial score (nSPS) is 13.5. The average Bonchev–Trinajstić information content (AvgIpc) is 3.66. The van der Waals surface area contributed by atoms with E-state index in [0.717, 1.165) is 6.42 Å². The molecule has 0 N–H and O–H groups in total. The summed E-state index contributed by atoms with van der Waals surface area (Å²) in [5.41, 5.74) is 5.07. The Balaban J connectivity index is 0.000000250.